The van der Waals surface area contributed by atoms with Gasteiger partial charge in [-0.2, -0.15) is 0 Å². The number of ether oxygens (including phenoxy) is 2. The molecule has 0 amide bonds. The van der Waals surface area contributed by atoms with Crippen LogP contribution in [0.3, 0.4) is 0 Å². The first-order chi connectivity index (χ1) is 21.2. The van der Waals surface area contributed by atoms with Gasteiger partial charge in [-0.15, -0.1) is 0 Å². The number of fused-ring (bicyclic) bond motifs is 7. The van der Waals surface area contributed by atoms with Gasteiger partial charge >= 0.3 is 11.9 Å². The third-order valence-electron chi connectivity index (χ3n) is 15.4. The van der Waals surface area contributed by atoms with Gasteiger partial charge < -0.3 is 9.47 Å². The monoisotopic (exact) mass is 625 g/mol. The summed E-state index contributed by atoms with van der Waals surface area (Å²) >= 11 is 0. The highest BCUT2D eigenvalue weighted by Gasteiger charge is 2.69. The molecule has 0 aromatic carbocycles. The van der Waals surface area contributed by atoms with Crippen LogP contribution < -0.4 is 0 Å². The zero-order chi connectivity index (χ0) is 32.8. The van der Waals surface area contributed by atoms with Gasteiger partial charge in [0.15, 0.2) is 0 Å². The fraction of sp³-hybridized carbons (Fsp3) is 0.902. The molecular weight excluding hydrogens is 556 g/mol. The minimum absolute atomic E-state index is 0.00712. The second kappa shape index (κ2) is 13.3. The molecule has 4 nitrogen and oxygen atoms in total. The quantitative estimate of drug-likeness (QED) is 0.189. The number of rotatable bonds is 9. The largest absolute Gasteiger partial charge is 0.462 e. The third-order valence-corrected chi connectivity index (χ3v) is 15.4. The molecule has 11 atom stereocenters. The number of hydrogen-bond donors (Lipinski definition) is 0. The van der Waals surface area contributed by atoms with Crippen molar-refractivity contribution in [3.63, 3.8) is 0 Å². The van der Waals surface area contributed by atoms with E-state index in [0.29, 0.717) is 48.3 Å². The molecule has 4 heteroatoms. The summed E-state index contributed by atoms with van der Waals surface area (Å²) in [7, 11) is 0. The lowest BCUT2D eigenvalue weighted by Crippen LogP contribution is -2.66. The molecule has 5 rings (SSSR count). The van der Waals surface area contributed by atoms with Gasteiger partial charge in [0, 0.05) is 18.3 Å². The average Bonchev–Trinajstić information content (AvgIpc) is 3.16. The molecule has 5 aliphatic carbocycles. The lowest BCUT2D eigenvalue weighted by Gasteiger charge is -2.72. The van der Waals surface area contributed by atoms with E-state index in [1.165, 1.54) is 56.9 Å². The summed E-state index contributed by atoms with van der Waals surface area (Å²) in [4.78, 5) is 25.7. The van der Waals surface area contributed by atoms with Gasteiger partial charge in [0.1, 0.15) is 12.2 Å². The highest BCUT2D eigenvalue weighted by molar-refractivity contribution is 5.70. The van der Waals surface area contributed by atoms with Gasteiger partial charge in [0.25, 0.3) is 0 Å². The van der Waals surface area contributed by atoms with E-state index in [1.807, 2.05) is 0 Å². The van der Waals surface area contributed by atoms with Crippen molar-refractivity contribution in [3.05, 3.63) is 12.2 Å². The number of hydrogen-bond acceptors (Lipinski definition) is 4. The van der Waals surface area contributed by atoms with Crippen LogP contribution in [0.2, 0.25) is 0 Å². The van der Waals surface area contributed by atoms with Crippen LogP contribution in [0.1, 0.15) is 165 Å². The van der Waals surface area contributed by atoms with Crippen molar-refractivity contribution in [1.29, 1.82) is 0 Å². The number of unbranched alkanes of at least 4 members (excludes halogenated alkanes) is 2. The maximum absolute atomic E-state index is 12.9. The highest BCUT2D eigenvalue weighted by Crippen LogP contribution is 2.75. The van der Waals surface area contributed by atoms with Crippen molar-refractivity contribution >= 4 is 11.9 Å². The first kappa shape index (κ1) is 35.0. The molecule has 1 unspecified atom stereocenters. The molecule has 45 heavy (non-hydrogen) atoms. The normalized spacial score (nSPS) is 43.8. The first-order valence-corrected chi connectivity index (χ1v) is 19.3. The summed E-state index contributed by atoms with van der Waals surface area (Å²) < 4.78 is 12.6. The van der Waals surface area contributed by atoms with Crippen LogP contribution in [-0.2, 0) is 19.1 Å². The van der Waals surface area contributed by atoms with Crippen LogP contribution in [0.5, 0.6) is 0 Å². The number of carbonyl (C=O) groups is 2. The van der Waals surface area contributed by atoms with Crippen molar-refractivity contribution in [3.8, 4) is 0 Å². The van der Waals surface area contributed by atoms with Gasteiger partial charge in [-0.05, 0) is 142 Å². The van der Waals surface area contributed by atoms with Gasteiger partial charge in [-0.3, -0.25) is 9.59 Å². The Kier molecular flexibility index (Phi) is 10.3. The molecule has 5 aliphatic rings. The Morgan fingerprint density at radius 2 is 1.38 bits per heavy atom. The van der Waals surface area contributed by atoms with Crippen LogP contribution in [0.25, 0.3) is 0 Å². The van der Waals surface area contributed by atoms with E-state index >= 15 is 0 Å². The van der Waals surface area contributed by atoms with Crippen LogP contribution in [0.15, 0.2) is 12.2 Å². The second-order valence-electron chi connectivity index (χ2n) is 17.9. The molecule has 0 N–H and O–H groups in total. The Morgan fingerprint density at radius 1 is 0.733 bits per heavy atom. The van der Waals surface area contributed by atoms with Gasteiger partial charge in [0.2, 0.25) is 0 Å². The molecule has 5 saturated carbocycles. The molecular formula is C41H68O4. The van der Waals surface area contributed by atoms with Crippen LogP contribution in [0, 0.1) is 57.2 Å². The van der Waals surface area contributed by atoms with E-state index in [2.05, 4.69) is 62.0 Å². The van der Waals surface area contributed by atoms with Crippen molar-refractivity contribution in [2.75, 3.05) is 0 Å². The molecule has 256 valence electrons. The van der Waals surface area contributed by atoms with Gasteiger partial charge in [-0.25, -0.2) is 0 Å². The minimum atomic E-state index is -0.00712. The molecule has 0 bridgehead atoms. The Morgan fingerprint density at radius 3 is 2.02 bits per heavy atom. The van der Waals surface area contributed by atoms with Crippen molar-refractivity contribution in [2.24, 2.45) is 57.2 Å². The average molecular weight is 625 g/mol. The summed E-state index contributed by atoms with van der Waals surface area (Å²) in [5.41, 5.74) is 2.16. The third kappa shape index (κ3) is 5.98. The number of esters is 2. The maximum Gasteiger partial charge on any atom is 0.306 e. The van der Waals surface area contributed by atoms with E-state index in [9.17, 15) is 9.59 Å². The summed E-state index contributed by atoms with van der Waals surface area (Å²) in [5, 5.41) is 0. The topological polar surface area (TPSA) is 52.6 Å². The van der Waals surface area contributed by atoms with E-state index in [-0.39, 0.29) is 45.8 Å². The Balaban J connectivity index is 1.41. The zero-order valence-corrected chi connectivity index (χ0v) is 30.5. The fourth-order valence-electron chi connectivity index (χ4n) is 13.0. The Hall–Kier alpha value is -1.32. The lowest BCUT2D eigenvalue weighted by atomic mass is 9.32. The summed E-state index contributed by atoms with van der Waals surface area (Å²) in [6.45, 7) is 24.0. The predicted octanol–water partition coefficient (Wildman–Crippen LogP) is 10.9. The van der Waals surface area contributed by atoms with Gasteiger partial charge in [-0.1, -0.05) is 73.5 Å². The highest BCUT2D eigenvalue weighted by atomic mass is 16.5. The second-order valence-corrected chi connectivity index (χ2v) is 17.9. The number of carbonyl (C=O) groups excluding carboxylic acids is 2. The lowest BCUT2D eigenvalue weighted by molar-refractivity contribution is -0.249. The first-order valence-electron chi connectivity index (χ1n) is 19.3. The number of allylic oxidation sites excluding steroid dienone is 1. The van der Waals surface area contributed by atoms with Crippen LogP contribution in [-0.4, -0.2) is 24.1 Å². The Bertz CT molecular complexity index is 1090. The fourth-order valence-corrected chi connectivity index (χ4v) is 13.0. The van der Waals surface area contributed by atoms with Crippen LogP contribution >= 0.6 is 0 Å². The van der Waals surface area contributed by atoms with Crippen molar-refractivity contribution in [2.45, 2.75) is 177 Å². The van der Waals surface area contributed by atoms with E-state index in [0.717, 1.165) is 44.9 Å². The zero-order valence-electron chi connectivity index (χ0n) is 30.5. The minimum Gasteiger partial charge on any atom is -0.462 e. The predicted molar refractivity (Wildman–Crippen MR) is 183 cm³/mol. The molecule has 0 aromatic rings. The molecule has 5 fully saturated rings. The summed E-state index contributed by atoms with van der Waals surface area (Å²) in [6.07, 6.45) is 18.2. The van der Waals surface area contributed by atoms with E-state index in [4.69, 9.17) is 9.47 Å². The van der Waals surface area contributed by atoms with Crippen molar-refractivity contribution in [1.82, 2.24) is 0 Å². The van der Waals surface area contributed by atoms with Crippen molar-refractivity contribution < 1.29 is 19.1 Å². The molecule has 0 aliphatic heterocycles. The molecule has 0 aromatic heterocycles. The van der Waals surface area contributed by atoms with Gasteiger partial charge in [0.05, 0.1) is 0 Å². The smallest absolute Gasteiger partial charge is 0.306 e. The molecule has 0 saturated heterocycles. The molecule has 0 heterocycles. The SMILES string of the molecule is C=C(C)[C@@H]1CCCC(OC(=O)CCCC)[C@H]2CC[C@]3(C)[C@H](CC[C@@H]4[C@@]5(C)CC[C@H](OC(=O)CCCC)C(C)(C)[C@@H]5CC[C@]43C)[C@H]21. The van der Waals surface area contributed by atoms with Crippen LogP contribution in [0.4, 0.5) is 0 Å². The maximum atomic E-state index is 12.9. The summed E-state index contributed by atoms with van der Waals surface area (Å²) in [6, 6.07) is 0. The molecule has 0 spiro atoms. The Labute approximate surface area is 276 Å². The molecule has 0 radical (unpaired) electrons. The van der Waals surface area contributed by atoms with E-state index in [1.54, 1.807) is 0 Å². The summed E-state index contributed by atoms with van der Waals surface area (Å²) in [5.74, 6) is 3.50. The van der Waals surface area contributed by atoms with E-state index < -0.39 is 0 Å². The standard InChI is InChI=1S/C41H68O4/c1-10-12-17-35(42)44-31-16-14-15-28(27(3)4)37-29(31)21-25-40(8)30(37)19-20-33-39(7)24-23-34(45-36(43)18-13-11-2)38(5,6)32(39)22-26-41(33,40)9/h28-34,37H,3,10-26H2,1-2,4-9H3/t28-,29+,30+,31?,32-,33+,34-,37-,39-,40+,41+/m0/s1.